The van der Waals surface area contributed by atoms with Crippen LogP contribution < -0.4 is 5.32 Å². The van der Waals surface area contributed by atoms with Crippen LogP contribution in [0.1, 0.15) is 70.9 Å². The van der Waals surface area contributed by atoms with Gasteiger partial charge < -0.3 is 5.32 Å². The lowest BCUT2D eigenvalue weighted by molar-refractivity contribution is 0.581. The number of rotatable bonds is 8. The highest BCUT2D eigenvalue weighted by atomic mass is 14.8. The van der Waals surface area contributed by atoms with Crippen LogP contribution in [-0.2, 0) is 12.0 Å². The van der Waals surface area contributed by atoms with Gasteiger partial charge in [-0.25, -0.2) is 0 Å². The van der Waals surface area contributed by atoms with E-state index in [2.05, 4.69) is 57.3 Å². The molecule has 0 aliphatic heterocycles. The van der Waals surface area contributed by atoms with Crippen molar-refractivity contribution in [3.8, 4) is 0 Å². The zero-order valence-electron chi connectivity index (χ0n) is 13.3. The molecule has 0 heterocycles. The van der Waals surface area contributed by atoms with Crippen LogP contribution in [0.2, 0.25) is 0 Å². The summed E-state index contributed by atoms with van der Waals surface area (Å²) in [6, 6.07) is 9.03. The Balaban J connectivity index is 2.20. The molecule has 108 valence electrons. The summed E-state index contributed by atoms with van der Waals surface area (Å²) < 4.78 is 0. The van der Waals surface area contributed by atoms with Crippen molar-refractivity contribution in [2.45, 2.75) is 71.8 Å². The SMILES string of the molecule is CCCCCCCNCc1ccc(C(C)(C)C)cc1. The van der Waals surface area contributed by atoms with Crippen LogP contribution >= 0.6 is 0 Å². The molecule has 1 heteroatoms. The average molecular weight is 261 g/mol. The van der Waals surface area contributed by atoms with Crippen molar-refractivity contribution in [3.05, 3.63) is 35.4 Å². The van der Waals surface area contributed by atoms with E-state index in [0.29, 0.717) is 0 Å². The molecule has 1 nitrogen and oxygen atoms in total. The maximum absolute atomic E-state index is 3.54. The lowest BCUT2D eigenvalue weighted by Gasteiger charge is -2.19. The summed E-state index contributed by atoms with van der Waals surface area (Å²) in [5.41, 5.74) is 3.06. The molecule has 1 aromatic rings. The Morgan fingerprint density at radius 2 is 1.53 bits per heavy atom. The van der Waals surface area contributed by atoms with E-state index in [0.717, 1.165) is 13.1 Å². The molecule has 0 saturated carbocycles. The first-order chi connectivity index (χ1) is 9.04. The Labute approximate surface area is 119 Å². The topological polar surface area (TPSA) is 12.0 Å². The second-order valence-corrected chi connectivity index (χ2v) is 6.54. The Morgan fingerprint density at radius 3 is 2.11 bits per heavy atom. The molecule has 0 atom stereocenters. The molecular formula is C18H31N. The van der Waals surface area contributed by atoms with Crippen LogP contribution in [0.3, 0.4) is 0 Å². The number of hydrogen-bond donors (Lipinski definition) is 1. The Hall–Kier alpha value is -0.820. The minimum Gasteiger partial charge on any atom is -0.313 e. The molecular weight excluding hydrogens is 230 g/mol. The normalized spacial score (nSPS) is 11.8. The molecule has 0 saturated heterocycles. The lowest BCUT2D eigenvalue weighted by Crippen LogP contribution is -2.15. The fourth-order valence-electron chi connectivity index (χ4n) is 2.21. The van der Waals surface area contributed by atoms with Crippen molar-refractivity contribution in [2.75, 3.05) is 6.54 Å². The van der Waals surface area contributed by atoms with Gasteiger partial charge in [-0.2, -0.15) is 0 Å². The Bertz CT molecular complexity index is 332. The molecule has 19 heavy (non-hydrogen) atoms. The van der Waals surface area contributed by atoms with Gasteiger partial charge in [0.25, 0.3) is 0 Å². The summed E-state index contributed by atoms with van der Waals surface area (Å²) in [5, 5.41) is 3.54. The Morgan fingerprint density at radius 1 is 0.895 bits per heavy atom. The van der Waals surface area contributed by atoms with Crippen molar-refractivity contribution < 1.29 is 0 Å². The highest BCUT2D eigenvalue weighted by molar-refractivity contribution is 5.27. The summed E-state index contributed by atoms with van der Waals surface area (Å²) in [5.74, 6) is 0. The monoisotopic (exact) mass is 261 g/mol. The van der Waals surface area contributed by atoms with Gasteiger partial charge in [0.05, 0.1) is 0 Å². The van der Waals surface area contributed by atoms with E-state index >= 15 is 0 Å². The zero-order valence-corrected chi connectivity index (χ0v) is 13.3. The number of unbranched alkanes of at least 4 members (excludes halogenated alkanes) is 4. The van der Waals surface area contributed by atoms with Crippen LogP contribution in [0.5, 0.6) is 0 Å². The number of hydrogen-bond acceptors (Lipinski definition) is 1. The first-order valence-corrected chi connectivity index (χ1v) is 7.84. The minimum absolute atomic E-state index is 0.255. The van der Waals surface area contributed by atoms with Gasteiger partial charge in [-0.3, -0.25) is 0 Å². The molecule has 0 fully saturated rings. The van der Waals surface area contributed by atoms with Crippen LogP contribution in [0, 0.1) is 0 Å². The van der Waals surface area contributed by atoms with Gasteiger partial charge in [0.2, 0.25) is 0 Å². The molecule has 0 aliphatic carbocycles. The summed E-state index contributed by atoms with van der Waals surface area (Å²) in [7, 11) is 0. The molecule has 0 radical (unpaired) electrons. The highest BCUT2D eigenvalue weighted by Crippen LogP contribution is 2.22. The van der Waals surface area contributed by atoms with E-state index in [1.54, 1.807) is 0 Å². The average Bonchev–Trinajstić information content (AvgIpc) is 2.37. The molecule has 1 rings (SSSR count). The van der Waals surface area contributed by atoms with E-state index in [4.69, 9.17) is 0 Å². The van der Waals surface area contributed by atoms with Gasteiger partial charge in [0, 0.05) is 6.54 Å². The van der Waals surface area contributed by atoms with Gasteiger partial charge in [-0.15, -0.1) is 0 Å². The molecule has 0 bridgehead atoms. The second-order valence-electron chi connectivity index (χ2n) is 6.54. The summed E-state index contributed by atoms with van der Waals surface area (Å²) in [4.78, 5) is 0. The number of nitrogens with one attached hydrogen (secondary N) is 1. The van der Waals surface area contributed by atoms with Gasteiger partial charge in [0.1, 0.15) is 0 Å². The van der Waals surface area contributed by atoms with Crippen molar-refractivity contribution in [3.63, 3.8) is 0 Å². The Kier molecular flexibility index (Phi) is 7.15. The predicted molar refractivity (Wildman–Crippen MR) is 85.6 cm³/mol. The molecule has 0 amide bonds. The van der Waals surface area contributed by atoms with E-state index in [1.165, 1.54) is 43.2 Å². The molecule has 0 unspecified atom stereocenters. The largest absolute Gasteiger partial charge is 0.313 e. The third-order valence-electron chi connectivity index (χ3n) is 3.61. The van der Waals surface area contributed by atoms with E-state index in [-0.39, 0.29) is 5.41 Å². The summed E-state index contributed by atoms with van der Waals surface area (Å²) in [6.45, 7) is 11.2. The van der Waals surface area contributed by atoms with Crippen molar-refractivity contribution in [2.24, 2.45) is 0 Å². The van der Waals surface area contributed by atoms with E-state index in [9.17, 15) is 0 Å². The predicted octanol–water partition coefficient (Wildman–Crippen LogP) is 5.04. The number of benzene rings is 1. The van der Waals surface area contributed by atoms with Gasteiger partial charge >= 0.3 is 0 Å². The van der Waals surface area contributed by atoms with Gasteiger partial charge in [0.15, 0.2) is 0 Å². The van der Waals surface area contributed by atoms with Crippen LogP contribution in [0.4, 0.5) is 0 Å². The van der Waals surface area contributed by atoms with Crippen LogP contribution in [0.25, 0.3) is 0 Å². The summed E-state index contributed by atoms with van der Waals surface area (Å²) in [6.07, 6.45) is 6.77. The first-order valence-electron chi connectivity index (χ1n) is 7.84. The highest BCUT2D eigenvalue weighted by Gasteiger charge is 2.12. The summed E-state index contributed by atoms with van der Waals surface area (Å²) >= 11 is 0. The van der Waals surface area contributed by atoms with E-state index in [1.807, 2.05) is 0 Å². The fourth-order valence-corrected chi connectivity index (χ4v) is 2.21. The van der Waals surface area contributed by atoms with Crippen molar-refractivity contribution in [1.29, 1.82) is 0 Å². The van der Waals surface area contributed by atoms with Crippen molar-refractivity contribution >= 4 is 0 Å². The lowest BCUT2D eigenvalue weighted by atomic mass is 9.87. The third kappa shape index (κ3) is 6.77. The van der Waals surface area contributed by atoms with Crippen molar-refractivity contribution in [1.82, 2.24) is 5.32 Å². The molecule has 0 spiro atoms. The smallest absolute Gasteiger partial charge is 0.0205 e. The zero-order chi connectivity index (χ0) is 14.1. The molecule has 1 aromatic carbocycles. The maximum atomic E-state index is 3.54. The molecule has 1 N–H and O–H groups in total. The second kappa shape index (κ2) is 8.37. The maximum Gasteiger partial charge on any atom is 0.0205 e. The molecule has 0 aliphatic rings. The standard InChI is InChI=1S/C18H31N/c1-5-6-7-8-9-14-19-15-16-10-12-17(13-11-16)18(2,3)4/h10-13,19H,5-9,14-15H2,1-4H3. The molecule has 0 aromatic heterocycles. The fraction of sp³-hybridized carbons (Fsp3) is 0.667. The van der Waals surface area contributed by atoms with Gasteiger partial charge in [-0.1, -0.05) is 77.6 Å². The van der Waals surface area contributed by atoms with E-state index < -0.39 is 0 Å². The quantitative estimate of drug-likeness (QED) is 0.646. The minimum atomic E-state index is 0.255. The van der Waals surface area contributed by atoms with Gasteiger partial charge in [-0.05, 0) is 29.5 Å². The third-order valence-corrected chi connectivity index (χ3v) is 3.61. The van der Waals surface area contributed by atoms with Crippen LogP contribution in [-0.4, -0.2) is 6.54 Å². The van der Waals surface area contributed by atoms with Crippen LogP contribution in [0.15, 0.2) is 24.3 Å². The first kappa shape index (κ1) is 16.2.